The SMILES string of the molecule is Cc1nc(N2CCN(C)CC2)cc(N2CCN(S(=O)(=O)c3ccc(Cl)cc3)CC2)n1. The second-order valence-electron chi connectivity index (χ2n) is 7.77. The zero-order chi connectivity index (χ0) is 21.3. The van der Waals surface area contributed by atoms with Gasteiger partial charge in [-0.3, -0.25) is 0 Å². The summed E-state index contributed by atoms with van der Waals surface area (Å²) in [5, 5.41) is 0.522. The monoisotopic (exact) mass is 450 g/mol. The van der Waals surface area contributed by atoms with Gasteiger partial charge in [0.05, 0.1) is 4.90 Å². The summed E-state index contributed by atoms with van der Waals surface area (Å²) < 4.78 is 27.4. The van der Waals surface area contributed by atoms with Gasteiger partial charge < -0.3 is 14.7 Å². The van der Waals surface area contributed by atoms with E-state index >= 15 is 0 Å². The molecular formula is C20H27ClN6O2S. The van der Waals surface area contributed by atoms with E-state index in [1.54, 1.807) is 24.3 Å². The van der Waals surface area contributed by atoms with Crippen molar-refractivity contribution in [3.05, 3.63) is 41.2 Å². The summed E-state index contributed by atoms with van der Waals surface area (Å²) in [6, 6.07) is 8.35. The molecule has 2 aliphatic heterocycles. The number of nitrogens with zero attached hydrogens (tertiary/aromatic N) is 6. The Kier molecular flexibility index (Phi) is 6.15. The molecule has 0 radical (unpaired) electrons. The summed E-state index contributed by atoms with van der Waals surface area (Å²) in [6.07, 6.45) is 0. The number of halogens is 1. The molecule has 2 aromatic rings. The highest BCUT2D eigenvalue weighted by Crippen LogP contribution is 2.24. The molecule has 1 aromatic carbocycles. The van der Waals surface area contributed by atoms with Crippen LogP contribution >= 0.6 is 11.6 Å². The topological polar surface area (TPSA) is 72.9 Å². The number of aromatic nitrogens is 2. The summed E-state index contributed by atoms with van der Waals surface area (Å²) >= 11 is 5.89. The van der Waals surface area contributed by atoms with Crippen LogP contribution in [0.1, 0.15) is 5.82 Å². The van der Waals surface area contributed by atoms with Crippen LogP contribution in [0.15, 0.2) is 35.2 Å². The number of sulfonamides is 1. The van der Waals surface area contributed by atoms with Crippen LogP contribution in [0.4, 0.5) is 11.6 Å². The van der Waals surface area contributed by atoms with Crippen molar-refractivity contribution < 1.29 is 8.42 Å². The Labute approximate surface area is 183 Å². The zero-order valence-electron chi connectivity index (χ0n) is 17.3. The van der Waals surface area contributed by atoms with Crippen LogP contribution in [0, 0.1) is 6.92 Å². The number of likely N-dealkylation sites (N-methyl/N-ethyl adjacent to an activating group) is 1. The minimum absolute atomic E-state index is 0.274. The molecular weight excluding hydrogens is 424 g/mol. The first-order valence-electron chi connectivity index (χ1n) is 10.1. The molecule has 0 amide bonds. The number of rotatable bonds is 4. The Morgan fingerprint density at radius 2 is 1.33 bits per heavy atom. The Bertz CT molecular complexity index is 985. The molecule has 30 heavy (non-hydrogen) atoms. The molecule has 0 saturated carbocycles. The van der Waals surface area contributed by atoms with E-state index in [-0.39, 0.29) is 4.90 Å². The molecule has 2 aliphatic rings. The van der Waals surface area contributed by atoms with Crippen LogP contribution in [0.5, 0.6) is 0 Å². The quantitative estimate of drug-likeness (QED) is 0.701. The predicted molar refractivity (Wildman–Crippen MR) is 119 cm³/mol. The van der Waals surface area contributed by atoms with E-state index in [2.05, 4.69) is 31.7 Å². The molecule has 0 bridgehead atoms. The van der Waals surface area contributed by atoms with Crippen LogP contribution in [-0.2, 0) is 10.0 Å². The fourth-order valence-corrected chi connectivity index (χ4v) is 5.36. The van der Waals surface area contributed by atoms with Crippen LogP contribution in [-0.4, -0.2) is 87.0 Å². The number of benzene rings is 1. The number of hydrogen-bond donors (Lipinski definition) is 0. The van der Waals surface area contributed by atoms with Crippen molar-refractivity contribution in [1.29, 1.82) is 0 Å². The third-order valence-electron chi connectivity index (χ3n) is 5.65. The first-order valence-corrected chi connectivity index (χ1v) is 11.9. The lowest BCUT2D eigenvalue weighted by molar-refractivity contribution is 0.312. The lowest BCUT2D eigenvalue weighted by atomic mass is 10.3. The molecule has 2 saturated heterocycles. The summed E-state index contributed by atoms with van der Waals surface area (Å²) in [5.41, 5.74) is 0. The van der Waals surface area contributed by atoms with Crippen molar-refractivity contribution in [1.82, 2.24) is 19.2 Å². The van der Waals surface area contributed by atoms with Gasteiger partial charge in [-0.25, -0.2) is 18.4 Å². The first-order chi connectivity index (χ1) is 14.3. The molecule has 2 fully saturated rings. The molecule has 0 spiro atoms. The minimum Gasteiger partial charge on any atom is -0.354 e. The molecule has 1 aromatic heterocycles. The highest BCUT2D eigenvalue weighted by atomic mass is 35.5. The maximum absolute atomic E-state index is 12.9. The van der Waals surface area contributed by atoms with E-state index in [1.807, 2.05) is 13.0 Å². The van der Waals surface area contributed by atoms with Crippen molar-refractivity contribution >= 4 is 33.3 Å². The van der Waals surface area contributed by atoms with Gasteiger partial charge in [-0.2, -0.15) is 4.31 Å². The number of hydrogen-bond acceptors (Lipinski definition) is 7. The highest BCUT2D eigenvalue weighted by Gasteiger charge is 2.29. The van der Waals surface area contributed by atoms with Gasteiger partial charge in [-0.1, -0.05) is 11.6 Å². The number of anilines is 2. The fraction of sp³-hybridized carbons (Fsp3) is 0.500. The molecule has 10 heteroatoms. The first kappa shape index (κ1) is 21.3. The van der Waals surface area contributed by atoms with Crippen molar-refractivity contribution in [3.8, 4) is 0 Å². The van der Waals surface area contributed by atoms with Gasteiger partial charge in [0.25, 0.3) is 0 Å². The third kappa shape index (κ3) is 4.54. The molecule has 3 heterocycles. The minimum atomic E-state index is -3.52. The van der Waals surface area contributed by atoms with E-state index in [9.17, 15) is 8.42 Å². The molecule has 0 unspecified atom stereocenters. The van der Waals surface area contributed by atoms with Crippen LogP contribution in [0.25, 0.3) is 0 Å². The summed E-state index contributed by atoms with van der Waals surface area (Å²) in [4.78, 5) is 16.3. The van der Waals surface area contributed by atoms with E-state index in [1.165, 1.54) is 4.31 Å². The van der Waals surface area contributed by atoms with Crippen molar-refractivity contribution in [2.24, 2.45) is 0 Å². The zero-order valence-corrected chi connectivity index (χ0v) is 18.9. The summed E-state index contributed by atoms with van der Waals surface area (Å²) in [6.45, 7) is 7.83. The molecule has 0 atom stereocenters. The van der Waals surface area contributed by atoms with Gasteiger partial charge in [0.2, 0.25) is 10.0 Å². The van der Waals surface area contributed by atoms with Crippen molar-refractivity contribution in [2.75, 3.05) is 69.2 Å². The molecule has 162 valence electrons. The standard InChI is InChI=1S/C20H27ClN6O2S/c1-16-22-19(25-9-7-24(2)8-10-25)15-20(23-16)26-11-13-27(14-12-26)30(28,29)18-5-3-17(21)4-6-18/h3-6,15H,7-14H2,1-2H3. The third-order valence-corrected chi connectivity index (χ3v) is 7.82. The second-order valence-corrected chi connectivity index (χ2v) is 10.1. The maximum atomic E-state index is 12.9. The van der Waals surface area contributed by atoms with Gasteiger partial charge >= 0.3 is 0 Å². The lowest BCUT2D eigenvalue weighted by Crippen LogP contribution is -2.49. The Balaban J connectivity index is 1.46. The van der Waals surface area contributed by atoms with E-state index in [4.69, 9.17) is 11.6 Å². The van der Waals surface area contributed by atoms with Gasteiger partial charge in [0.1, 0.15) is 17.5 Å². The molecule has 0 N–H and O–H groups in total. The van der Waals surface area contributed by atoms with Crippen LogP contribution in [0.3, 0.4) is 0 Å². The predicted octanol–water partition coefficient (Wildman–Crippen LogP) is 1.70. The Morgan fingerprint density at radius 3 is 1.87 bits per heavy atom. The molecule has 8 nitrogen and oxygen atoms in total. The van der Waals surface area contributed by atoms with Gasteiger partial charge in [-0.15, -0.1) is 0 Å². The second kappa shape index (κ2) is 8.66. The fourth-order valence-electron chi connectivity index (χ4n) is 3.81. The highest BCUT2D eigenvalue weighted by molar-refractivity contribution is 7.89. The van der Waals surface area contributed by atoms with Gasteiger partial charge in [-0.05, 0) is 38.2 Å². The van der Waals surface area contributed by atoms with Crippen molar-refractivity contribution in [3.63, 3.8) is 0 Å². The average Bonchev–Trinajstić information content (AvgIpc) is 2.74. The molecule has 4 rings (SSSR count). The number of aryl methyl sites for hydroxylation is 1. The lowest BCUT2D eigenvalue weighted by Gasteiger charge is -2.36. The van der Waals surface area contributed by atoms with Crippen LogP contribution < -0.4 is 9.80 Å². The summed E-state index contributed by atoms with van der Waals surface area (Å²) in [5.74, 6) is 2.54. The van der Waals surface area contributed by atoms with Crippen molar-refractivity contribution in [2.45, 2.75) is 11.8 Å². The summed E-state index contributed by atoms with van der Waals surface area (Å²) in [7, 11) is -1.39. The van der Waals surface area contributed by atoms with E-state index in [0.717, 1.165) is 43.6 Å². The van der Waals surface area contributed by atoms with Gasteiger partial charge in [0.15, 0.2) is 0 Å². The van der Waals surface area contributed by atoms with Crippen LogP contribution in [0.2, 0.25) is 5.02 Å². The van der Waals surface area contributed by atoms with E-state index in [0.29, 0.717) is 31.2 Å². The van der Waals surface area contributed by atoms with E-state index < -0.39 is 10.0 Å². The Hall–Kier alpha value is -1.94. The normalized spacial score (nSPS) is 19.3. The smallest absolute Gasteiger partial charge is 0.243 e. The Morgan fingerprint density at radius 1 is 0.833 bits per heavy atom. The average molecular weight is 451 g/mol. The largest absolute Gasteiger partial charge is 0.354 e. The maximum Gasteiger partial charge on any atom is 0.243 e. The molecule has 0 aliphatic carbocycles. The number of piperazine rings is 2. The van der Waals surface area contributed by atoms with Gasteiger partial charge in [0, 0.05) is 63.4 Å².